The lowest BCUT2D eigenvalue weighted by Crippen LogP contribution is -2.29. The van der Waals surface area contributed by atoms with Gasteiger partial charge in [-0.2, -0.15) is 0 Å². The summed E-state index contributed by atoms with van der Waals surface area (Å²) in [6, 6.07) is 14.0. The van der Waals surface area contributed by atoms with E-state index in [0.717, 1.165) is 17.5 Å². The molecule has 20 heavy (non-hydrogen) atoms. The number of hydrogen-bond acceptors (Lipinski definition) is 2. The van der Waals surface area contributed by atoms with Gasteiger partial charge >= 0.3 is 0 Å². The number of hydrogen-bond donors (Lipinski definition) is 1. The molecule has 0 saturated carbocycles. The van der Waals surface area contributed by atoms with Gasteiger partial charge in [0.25, 0.3) is 0 Å². The van der Waals surface area contributed by atoms with E-state index in [1.165, 1.54) is 12.7 Å². The van der Waals surface area contributed by atoms with E-state index in [1.54, 1.807) is 6.07 Å². The van der Waals surface area contributed by atoms with Crippen molar-refractivity contribution < 1.29 is 9.13 Å². The van der Waals surface area contributed by atoms with Gasteiger partial charge in [-0.05, 0) is 42.3 Å². The second-order valence-electron chi connectivity index (χ2n) is 5.17. The standard InChI is InChI=1S/C17H18FNO/c1-19-15-8-12-9-16(20-2)14(18)10-13(12)17(15)11-6-4-3-5-7-11/h3-7,9-10,15,17,19H,8H2,1-2H3/t15-,17-/m1/s1. The van der Waals surface area contributed by atoms with Gasteiger partial charge in [-0.25, -0.2) is 4.39 Å². The molecule has 3 heteroatoms. The Bertz CT molecular complexity index is 612. The number of fused-ring (bicyclic) bond motifs is 1. The van der Waals surface area contributed by atoms with E-state index >= 15 is 0 Å². The Morgan fingerprint density at radius 1 is 1.20 bits per heavy atom. The van der Waals surface area contributed by atoms with Crippen molar-refractivity contribution in [3.63, 3.8) is 0 Å². The summed E-state index contributed by atoms with van der Waals surface area (Å²) in [5.41, 5.74) is 3.44. The average Bonchev–Trinajstić information content (AvgIpc) is 2.84. The van der Waals surface area contributed by atoms with Crippen LogP contribution in [0.5, 0.6) is 5.75 Å². The van der Waals surface area contributed by atoms with Crippen molar-refractivity contribution in [1.29, 1.82) is 0 Å². The van der Waals surface area contributed by atoms with Crippen LogP contribution in [0.1, 0.15) is 22.6 Å². The number of rotatable bonds is 3. The number of benzene rings is 2. The van der Waals surface area contributed by atoms with Gasteiger partial charge in [0.2, 0.25) is 0 Å². The summed E-state index contributed by atoms with van der Waals surface area (Å²) < 4.78 is 19.1. The molecule has 0 aliphatic heterocycles. The molecule has 0 bridgehead atoms. The smallest absolute Gasteiger partial charge is 0.165 e. The first-order chi connectivity index (χ1) is 9.74. The molecular weight excluding hydrogens is 253 g/mol. The molecule has 0 fully saturated rings. The number of methoxy groups -OCH3 is 1. The highest BCUT2D eigenvalue weighted by Crippen LogP contribution is 2.40. The Morgan fingerprint density at radius 2 is 1.95 bits per heavy atom. The lowest BCUT2D eigenvalue weighted by Gasteiger charge is -2.20. The molecule has 2 atom stereocenters. The normalized spacial score (nSPS) is 20.8. The van der Waals surface area contributed by atoms with Crippen molar-refractivity contribution in [3.05, 3.63) is 65.0 Å². The van der Waals surface area contributed by atoms with Crippen LogP contribution in [-0.4, -0.2) is 20.2 Å². The summed E-state index contributed by atoms with van der Waals surface area (Å²) in [7, 11) is 3.46. The minimum absolute atomic E-state index is 0.191. The molecule has 0 radical (unpaired) electrons. The fraction of sp³-hybridized carbons (Fsp3) is 0.294. The van der Waals surface area contributed by atoms with Crippen molar-refractivity contribution in [2.45, 2.75) is 18.4 Å². The molecule has 0 aromatic heterocycles. The third kappa shape index (κ3) is 2.08. The van der Waals surface area contributed by atoms with Gasteiger partial charge in [-0.3, -0.25) is 0 Å². The molecule has 1 aliphatic carbocycles. The highest BCUT2D eigenvalue weighted by Gasteiger charge is 2.33. The molecule has 104 valence electrons. The minimum Gasteiger partial charge on any atom is -0.494 e. The van der Waals surface area contributed by atoms with Crippen LogP contribution in [0.4, 0.5) is 4.39 Å². The van der Waals surface area contributed by atoms with Gasteiger partial charge in [0.05, 0.1) is 7.11 Å². The van der Waals surface area contributed by atoms with Crippen LogP contribution >= 0.6 is 0 Å². The largest absolute Gasteiger partial charge is 0.494 e. The third-order valence-corrected chi connectivity index (χ3v) is 4.12. The maximum atomic E-state index is 14.0. The SMILES string of the molecule is CN[C@@H]1Cc2cc(OC)c(F)cc2[C@H]1c1ccccc1. The average molecular weight is 271 g/mol. The van der Waals surface area contributed by atoms with Gasteiger partial charge in [-0.15, -0.1) is 0 Å². The number of halogens is 1. The van der Waals surface area contributed by atoms with Crippen LogP contribution in [-0.2, 0) is 6.42 Å². The predicted octanol–water partition coefficient (Wildman–Crippen LogP) is 3.11. The third-order valence-electron chi connectivity index (χ3n) is 4.12. The molecule has 0 heterocycles. The van der Waals surface area contributed by atoms with Crippen LogP contribution < -0.4 is 10.1 Å². The summed E-state index contributed by atoms with van der Waals surface area (Å²) in [4.78, 5) is 0. The van der Waals surface area contributed by atoms with Crippen molar-refractivity contribution in [2.75, 3.05) is 14.2 Å². The molecule has 0 unspecified atom stereocenters. The molecule has 0 spiro atoms. The molecule has 2 aromatic carbocycles. The Kier molecular flexibility index (Phi) is 3.45. The van der Waals surface area contributed by atoms with Gasteiger partial charge in [0, 0.05) is 12.0 Å². The number of ether oxygens (including phenoxy) is 1. The van der Waals surface area contributed by atoms with E-state index in [9.17, 15) is 4.39 Å². The number of nitrogens with one attached hydrogen (secondary N) is 1. The zero-order chi connectivity index (χ0) is 14.1. The highest BCUT2D eigenvalue weighted by atomic mass is 19.1. The first-order valence-corrected chi connectivity index (χ1v) is 6.83. The Labute approximate surface area is 118 Å². The van der Waals surface area contributed by atoms with E-state index in [4.69, 9.17) is 4.74 Å². The molecule has 3 rings (SSSR count). The van der Waals surface area contributed by atoms with Crippen LogP contribution in [0.15, 0.2) is 42.5 Å². The van der Waals surface area contributed by atoms with Crippen molar-refractivity contribution in [1.82, 2.24) is 5.32 Å². The van der Waals surface area contributed by atoms with E-state index in [-0.39, 0.29) is 11.7 Å². The molecule has 0 amide bonds. The van der Waals surface area contributed by atoms with E-state index in [0.29, 0.717) is 11.8 Å². The summed E-state index contributed by atoms with van der Waals surface area (Å²) >= 11 is 0. The topological polar surface area (TPSA) is 21.3 Å². The van der Waals surface area contributed by atoms with Crippen LogP contribution in [0.2, 0.25) is 0 Å². The summed E-state index contributed by atoms with van der Waals surface area (Å²) in [6.07, 6.45) is 0.891. The maximum Gasteiger partial charge on any atom is 0.165 e. The monoisotopic (exact) mass is 271 g/mol. The van der Waals surface area contributed by atoms with Crippen molar-refractivity contribution in [2.24, 2.45) is 0 Å². The van der Waals surface area contributed by atoms with Gasteiger partial charge in [-0.1, -0.05) is 30.3 Å². The van der Waals surface area contributed by atoms with Crippen molar-refractivity contribution >= 4 is 0 Å². The summed E-state index contributed by atoms with van der Waals surface area (Å²) in [5.74, 6) is 0.229. The zero-order valence-corrected chi connectivity index (χ0v) is 11.7. The quantitative estimate of drug-likeness (QED) is 0.926. The van der Waals surface area contributed by atoms with E-state index < -0.39 is 0 Å². The Morgan fingerprint density at radius 3 is 2.60 bits per heavy atom. The number of likely N-dealkylation sites (N-methyl/N-ethyl adjacent to an activating group) is 1. The predicted molar refractivity (Wildman–Crippen MR) is 77.8 cm³/mol. The van der Waals surface area contributed by atoms with Crippen molar-refractivity contribution in [3.8, 4) is 5.75 Å². The Hall–Kier alpha value is -1.87. The first-order valence-electron chi connectivity index (χ1n) is 6.83. The maximum absolute atomic E-state index is 14.0. The Balaban J connectivity index is 2.10. The van der Waals surface area contributed by atoms with Gasteiger partial charge in [0.15, 0.2) is 11.6 Å². The molecular formula is C17H18FNO. The molecule has 0 saturated heterocycles. The molecule has 2 nitrogen and oxygen atoms in total. The fourth-order valence-corrected chi connectivity index (χ4v) is 3.15. The van der Waals surface area contributed by atoms with E-state index in [1.807, 2.05) is 31.3 Å². The fourth-order valence-electron chi connectivity index (χ4n) is 3.15. The minimum atomic E-state index is -0.288. The van der Waals surface area contributed by atoms with Crippen LogP contribution in [0.25, 0.3) is 0 Å². The van der Waals surface area contributed by atoms with Gasteiger partial charge in [0.1, 0.15) is 0 Å². The zero-order valence-electron chi connectivity index (χ0n) is 11.7. The lowest BCUT2D eigenvalue weighted by molar-refractivity contribution is 0.386. The molecule has 2 aromatic rings. The first kappa shape index (κ1) is 13.1. The molecule has 1 aliphatic rings. The second-order valence-corrected chi connectivity index (χ2v) is 5.17. The van der Waals surface area contributed by atoms with Crippen LogP contribution in [0, 0.1) is 5.82 Å². The second kappa shape index (κ2) is 5.25. The molecule has 1 N–H and O–H groups in total. The lowest BCUT2D eigenvalue weighted by atomic mass is 9.90. The van der Waals surface area contributed by atoms with Crippen LogP contribution in [0.3, 0.4) is 0 Å². The highest BCUT2D eigenvalue weighted by molar-refractivity contribution is 5.48. The van der Waals surface area contributed by atoms with E-state index in [2.05, 4.69) is 17.4 Å². The summed E-state index contributed by atoms with van der Waals surface area (Å²) in [5, 5.41) is 3.35. The summed E-state index contributed by atoms with van der Waals surface area (Å²) in [6.45, 7) is 0. The van der Waals surface area contributed by atoms with Gasteiger partial charge < -0.3 is 10.1 Å².